The summed E-state index contributed by atoms with van der Waals surface area (Å²) in [5.41, 5.74) is -3.12. The average Bonchev–Trinajstić information content (AvgIpc) is 2.42. The summed E-state index contributed by atoms with van der Waals surface area (Å²) in [6.45, 7) is 4.46. The lowest BCUT2D eigenvalue weighted by atomic mass is 10.2. The molecule has 1 heterocycles. The second-order valence-corrected chi connectivity index (χ2v) is 5.33. The molecule has 8 heteroatoms. The van der Waals surface area contributed by atoms with E-state index >= 15 is 0 Å². The van der Waals surface area contributed by atoms with Crippen molar-refractivity contribution in [1.29, 1.82) is 0 Å². The summed E-state index contributed by atoms with van der Waals surface area (Å²) in [7, 11) is 0. The van der Waals surface area contributed by atoms with E-state index in [1.165, 1.54) is 0 Å². The largest absolute Gasteiger partial charge is 0.441 e. The Labute approximate surface area is 125 Å². The fourth-order valence-corrected chi connectivity index (χ4v) is 2.04. The normalized spacial score (nSPS) is 11.3. The highest BCUT2D eigenvalue weighted by atomic mass is 32.2. The Morgan fingerprint density at radius 1 is 1.33 bits per heavy atom. The van der Waals surface area contributed by atoms with Crippen LogP contribution in [0.15, 0.2) is 12.1 Å². The number of alkyl halides is 3. The van der Waals surface area contributed by atoms with Gasteiger partial charge in [0, 0.05) is 30.1 Å². The van der Waals surface area contributed by atoms with Crippen LogP contribution in [0.5, 0.6) is 0 Å². The van der Waals surface area contributed by atoms with Crippen LogP contribution in [-0.4, -0.2) is 35.2 Å². The molecular formula is C13H18F3N3OS. The maximum atomic E-state index is 12.0. The molecule has 0 aliphatic rings. The fraction of sp³-hybridized carbons (Fsp3) is 0.538. The van der Waals surface area contributed by atoms with E-state index in [0.29, 0.717) is 24.3 Å². The molecule has 0 saturated carbocycles. The number of hydrogen-bond acceptors (Lipinski definition) is 4. The standard InChI is InChI=1S/C13H18F3N3OS/c1-3-10-7-9(8-11(19-10)17-4-2)12(20)18-5-6-21-13(14,15)16/h7-8H,3-6H2,1-2H3,(H,17,19)(H,18,20). The number of rotatable bonds is 7. The highest BCUT2D eigenvalue weighted by Crippen LogP contribution is 2.29. The molecule has 0 aliphatic heterocycles. The lowest BCUT2D eigenvalue weighted by Crippen LogP contribution is -2.27. The molecule has 1 aromatic rings. The van der Waals surface area contributed by atoms with E-state index in [1.807, 2.05) is 13.8 Å². The molecule has 1 rings (SSSR count). The number of anilines is 1. The van der Waals surface area contributed by atoms with Crippen LogP contribution in [0.4, 0.5) is 19.0 Å². The molecule has 2 N–H and O–H groups in total. The molecule has 0 unspecified atom stereocenters. The van der Waals surface area contributed by atoms with Crippen molar-refractivity contribution in [3.63, 3.8) is 0 Å². The van der Waals surface area contributed by atoms with Crippen LogP contribution in [0.25, 0.3) is 0 Å². The third-order valence-electron chi connectivity index (χ3n) is 2.51. The van der Waals surface area contributed by atoms with Gasteiger partial charge in [-0.2, -0.15) is 13.2 Å². The van der Waals surface area contributed by atoms with Crippen molar-refractivity contribution in [1.82, 2.24) is 10.3 Å². The highest BCUT2D eigenvalue weighted by molar-refractivity contribution is 8.00. The molecule has 118 valence electrons. The van der Waals surface area contributed by atoms with E-state index in [9.17, 15) is 18.0 Å². The number of aryl methyl sites for hydroxylation is 1. The zero-order chi connectivity index (χ0) is 15.9. The van der Waals surface area contributed by atoms with Gasteiger partial charge in [-0.3, -0.25) is 4.79 Å². The molecule has 21 heavy (non-hydrogen) atoms. The number of thioether (sulfide) groups is 1. The Kier molecular flexibility index (Phi) is 6.80. The topological polar surface area (TPSA) is 54.0 Å². The van der Waals surface area contributed by atoms with Crippen LogP contribution < -0.4 is 10.6 Å². The van der Waals surface area contributed by atoms with E-state index in [0.717, 1.165) is 5.69 Å². The number of amides is 1. The lowest BCUT2D eigenvalue weighted by molar-refractivity contribution is -0.0327. The monoisotopic (exact) mass is 321 g/mol. The van der Waals surface area contributed by atoms with Crippen molar-refractivity contribution in [3.8, 4) is 0 Å². The zero-order valence-electron chi connectivity index (χ0n) is 11.9. The van der Waals surface area contributed by atoms with Crippen molar-refractivity contribution >= 4 is 23.5 Å². The van der Waals surface area contributed by atoms with Crippen LogP contribution in [0.1, 0.15) is 29.9 Å². The van der Waals surface area contributed by atoms with Gasteiger partial charge in [0.05, 0.1) is 0 Å². The molecule has 1 aromatic heterocycles. The van der Waals surface area contributed by atoms with Gasteiger partial charge in [0.2, 0.25) is 0 Å². The third kappa shape index (κ3) is 6.70. The fourth-order valence-electron chi connectivity index (χ4n) is 1.60. The molecule has 1 amide bonds. The Balaban J connectivity index is 2.62. The van der Waals surface area contributed by atoms with Crippen LogP contribution in [-0.2, 0) is 6.42 Å². The Hall–Kier alpha value is -1.44. The Bertz CT molecular complexity index is 480. The first kappa shape index (κ1) is 17.6. The summed E-state index contributed by atoms with van der Waals surface area (Å²) < 4.78 is 35.9. The molecule has 0 radical (unpaired) electrons. The number of carbonyl (C=O) groups excluding carboxylic acids is 1. The molecule has 0 saturated heterocycles. The van der Waals surface area contributed by atoms with Gasteiger partial charge in [-0.05, 0) is 37.2 Å². The highest BCUT2D eigenvalue weighted by Gasteiger charge is 2.27. The van der Waals surface area contributed by atoms with Crippen molar-refractivity contribution in [2.45, 2.75) is 25.8 Å². The Morgan fingerprint density at radius 3 is 2.62 bits per heavy atom. The van der Waals surface area contributed by atoms with E-state index in [1.54, 1.807) is 12.1 Å². The minimum absolute atomic E-state index is 0.0384. The second-order valence-electron chi connectivity index (χ2n) is 4.17. The number of aromatic nitrogens is 1. The van der Waals surface area contributed by atoms with Crippen molar-refractivity contribution < 1.29 is 18.0 Å². The molecule has 0 aliphatic carbocycles. The van der Waals surface area contributed by atoms with E-state index < -0.39 is 11.4 Å². The van der Waals surface area contributed by atoms with Crippen LogP contribution in [0.2, 0.25) is 0 Å². The number of pyridine rings is 1. The quantitative estimate of drug-likeness (QED) is 0.758. The molecule has 0 atom stereocenters. The first-order valence-electron chi connectivity index (χ1n) is 6.59. The van der Waals surface area contributed by atoms with E-state index in [4.69, 9.17) is 0 Å². The maximum Gasteiger partial charge on any atom is 0.441 e. The Morgan fingerprint density at radius 2 is 2.05 bits per heavy atom. The van der Waals surface area contributed by atoms with Gasteiger partial charge in [0.15, 0.2) is 0 Å². The number of nitrogens with zero attached hydrogens (tertiary/aromatic N) is 1. The second kappa shape index (κ2) is 8.11. The van der Waals surface area contributed by atoms with Crippen LogP contribution in [0, 0.1) is 0 Å². The van der Waals surface area contributed by atoms with Gasteiger partial charge in [-0.25, -0.2) is 4.98 Å². The smallest absolute Gasteiger partial charge is 0.370 e. The molecule has 0 aromatic carbocycles. The van der Waals surface area contributed by atoms with Crippen molar-refractivity contribution in [2.75, 3.05) is 24.2 Å². The summed E-state index contributed by atoms with van der Waals surface area (Å²) >= 11 is -0.150. The van der Waals surface area contributed by atoms with Gasteiger partial charge in [-0.1, -0.05) is 6.92 Å². The third-order valence-corrected chi connectivity index (χ3v) is 3.25. The van der Waals surface area contributed by atoms with Gasteiger partial charge in [-0.15, -0.1) is 0 Å². The van der Waals surface area contributed by atoms with Gasteiger partial charge in [0.1, 0.15) is 5.82 Å². The minimum Gasteiger partial charge on any atom is -0.370 e. The van der Waals surface area contributed by atoms with E-state index in [-0.39, 0.29) is 24.1 Å². The SMILES string of the molecule is CCNc1cc(C(=O)NCCSC(F)(F)F)cc(CC)n1. The van der Waals surface area contributed by atoms with Gasteiger partial charge < -0.3 is 10.6 Å². The van der Waals surface area contributed by atoms with Crippen LogP contribution >= 0.6 is 11.8 Å². The summed E-state index contributed by atoms with van der Waals surface area (Å²) in [4.78, 5) is 16.2. The average molecular weight is 321 g/mol. The van der Waals surface area contributed by atoms with Gasteiger partial charge in [0.25, 0.3) is 5.91 Å². The predicted molar refractivity (Wildman–Crippen MR) is 78.6 cm³/mol. The number of carbonyl (C=O) groups is 1. The van der Waals surface area contributed by atoms with Crippen LogP contribution in [0.3, 0.4) is 0 Å². The molecular weight excluding hydrogens is 303 g/mol. The minimum atomic E-state index is -4.27. The van der Waals surface area contributed by atoms with Crippen molar-refractivity contribution in [3.05, 3.63) is 23.4 Å². The molecule has 0 fully saturated rings. The summed E-state index contributed by atoms with van der Waals surface area (Å²) in [5, 5.41) is 5.50. The number of halogens is 3. The first-order valence-corrected chi connectivity index (χ1v) is 7.58. The number of hydrogen-bond donors (Lipinski definition) is 2. The summed E-state index contributed by atoms with van der Waals surface area (Å²) in [5.74, 6) is -0.0122. The van der Waals surface area contributed by atoms with Crippen molar-refractivity contribution in [2.24, 2.45) is 0 Å². The summed E-state index contributed by atoms with van der Waals surface area (Å²) in [6, 6.07) is 3.24. The maximum absolute atomic E-state index is 12.0. The first-order chi connectivity index (χ1) is 9.85. The summed E-state index contributed by atoms with van der Waals surface area (Å²) in [6.07, 6.45) is 0.670. The molecule has 0 bridgehead atoms. The molecule has 4 nitrogen and oxygen atoms in total. The van der Waals surface area contributed by atoms with E-state index in [2.05, 4.69) is 15.6 Å². The lowest BCUT2D eigenvalue weighted by Gasteiger charge is -2.10. The zero-order valence-corrected chi connectivity index (χ0v) is 12.7. The predicted octanol–water partition coefficient (Wildman–Crippen LogP) is 3.06. The van der Waals surface area contributed by atoms with Gasteiger partial charge >= 0.3 is 5.51 Å². The number of nitrogens with one attached hydrogen (secondary N) is 2. The molecule has 0 spiro atoms.